The highest BCUT2D eigenvalue weighted by Crippen LogP contribution is 2.27. The van der Waals surface area contributed by atoms with Crippen LogP contribution in [0, 0.1) is 0 Å². The largest absolute Gasteiger partial charge is 0.465 e. The van der Waals surface area contributed by atoms with E-state index in [2.05, 4.69) is 5.10 Å². The smallest absolute Gasteiger partial charge is 0.320 e. The van der Waals surface area contributed by atoms with Crippen molar-refractivity contribution in [2.45, 2.75) is 19.5 Å². The quantitative estimate of drug-likeness (QED) is 0.391. The average Bonchev–Trinajstić information content (AvgIpc) is 2.85. The Bertz CT molecular complexity index is 1020. The van der Waals surface area contributed by atoms with Gasteiger partial charge in [0.05, 0.1) is 51.8 Å². The van der Waals surface area contributed by atoms with Crippen LogP contribution in [0.25, 0.3) is 0 Å². The molecule has 174 valence electrons. The lowest BCUT2D eigenvalue weighted by Crippen LogP contribution is -2.43. The SMILES string of the molecule is CCOC(=O)CN1CCc2cc(C(=O)c3ccc(C=NN4CCOCC4)cc3)ccc2C1N. The van der Waals surface area contributed by atoms with Gasteiger partial charge in [-0.05, 0) is 36.1 Å². The van der Waals surface area contributed by atoms with E-state index in [1.807, 2.05) is 58.6 Å². The van der Waals surface area contributed by atoms with Crippen molar-refractivity contribution in [2.75, 3.05) is 46.0 Å². The summed E-state index contributed by atoms with van der Waals surface area (Å²) in [6.07, 6.45) is 2.13. The number of hydrogen-bond donors (Lipinski definition) is 1. The first kappa shape index (κ1) is 23.1. The van der Waals surface area contributed by atoms with E-state index in [1.54, 1.807) is 6.92 Å². The van der Waals surface area contributed by atoms with Gasteiger partial charge in [-0.1, -0.05) is 36.4 Å². The summed E-state index contributed by atoms with van der Waals surface area (Å²) in [7, 11) is 0. The van der Waals surface area contributed by atoms with Gasteiger partial charge in [0.25, 0.3) is 0 Å². The molecule has 0 saturated carbocycles. The molecule has 4 rings (SSSR count). The van der Waals surface area contributed by atoms with Crippen molar-refractivity contribution in [1.29, 1.82) is 0 Å². The second-order valence-corrected chi connectivity index (χ2v) is 8.15. The maximum Gasteiger partial charge on any atom is 0.320 e. The molecule has 0 aromatic heterocycles. The van der Waals surface area contributed by atoms with Gasteiger partial charge >= 0.3 is 5.97 Å². The van der Waals surface area contributed by atoms with Crippen LogP contribution >= 0.6 is 0 Å². The summed E-state index contributed by atoms with van der Waals surface area (Å²) in [5, 5.41) is 6.45. The topological polar surface area (TPSA) is 97.5 Å². The minimum absolute atomic E-state index is 0.0306. The Morgan fingerprint density at radius 3 is 2.58 bits per heavy atom. The molecule has 1 saturated heterocycles. The lowest BCUT2D eigenvalue weighted by atomic mass is 9.92. The predicted molar refractivity (Wildman–Crippen MR) is 125 cm³/mol. The van der Waals surface area contributed by atoms with Gasteiger partial charge in [0, 0.05) is 17.7 Å². The molecule has 0 aliphatic carbocycles. The van der Waals surface area contributed by atoms with Gasteiger partial charge in [0.15, 0.2) is 5.78 Å². The van der Waals surface area contributed by atoms with Crippen molar-refractivity contribution in [3.8, 4) is 0 Å². The molecule has 2 N–H and O–H groups in total. The van der Waals surface area contributed by atoms with E-state index in [4.69, 9.17) is 15.2 Å². The third-order valence-electron chi connectivity index (χ3n) is 5.95. The monoisotopic (exact) mass is 450 g/mol. The van der Waals surface area contributed by atoms with Crippen LogP contribution in [-0.2, 0) is 20.7 Å². The van der Waals surface area contributed by atoms with Gasteiger partial charge in [0.2, 0.25) is 0 Å². The van der Waals surface area contributed by atoms with Crippen molar-refractivity contribution in [3.63, 3.8) is 0 Å². The number of ketones is 1. The Hall–Kier alpha value is -3.07. The first-order chi connectivity index (χ1) is 16.0. The molecule has 0 radical (unpaired) electrons. The summed E-state index contributed by atoms with van der Waals surface area (Å²) in [6.45, 7) is 5.91. The second-order valence-electron chi connectivity index (χ2n) is 8.15. The van der Waals surface area contributed by atoms with Gasteiger partial charge < -0.3 is 15.2 Å². The normalized spacial score (nSPS) is 18.8. The number of benzene rings is 2. The van der Waals surface area contributed by atoms with Crippen LogP contribution in [0.2, 0.25) is 0 Å². The summed E-state index contributed by atoms with van der Waals surface area (Å²) in [5.41, 5.74) is 10.6. The minimum atomic E-state index is -0.396. The van der Waals surface area contributed by atoms with E-state index in [1.165, 1.54) is 0 Å². The number of fused-ring (bicyclic) bond motifs is 1. The highest BCUT2D eigenvalue weighted by molar-refractivity contribution is 6.09. The molecular formula is C25H30N4O4. The molecule has 2 aromatic carbocycles. The maximum absolute atomic E-state index is 13.1. The number of hydrogen-bond acceptors (Lipinski definition) is 8. The second kappa shape index (κ2) is 10.7. The molecule has 33 heavy (non-hydrogen) atoms. The van der Waals surface area contributed by atoms with E-state index < -0.39 is 6.17 Å². The third-order valence-corrected chi connectivity index (χ3v) is 5.95. The number of carbonyl (C=O) groups is 2. The Balaban J connectivity index is 1.42. The molecule has 2 aliphatic rings. The number of esters is 1. The average molecular weight is 451 g/mol. The van der Waals surface area contributed by atoms with Crippen molar-refractivity contribution in [2.24, 2.45) is 10.8 Å². The van der Waals surface area contributed by atoms with Crippen LogP contribution in [0.5, 0.6) is 0 Å². The molecule has 8 heteroatoms. The summed E-state index contributed by atoms with van der Waals surface area (Å²) < 4.78 is 10.4. The first-order valence-electron chi connectivity index (χ1n) is 11.3. The van der Waals surface area contributed by atoms with Crippen LogP contribution < -0.4 is 5.73 Å². The highest BCUT2D eigenvalue weighted by atomic mass is 16.5. The van der Waals surface area contributed by atoms with Gasteiger partial charge in [-0.15, -0.1) is 0 Å². The highest BCUT2D eigenvalue weighted by Gasteiger charge is 2.27. The Morgan fingerprint density at radius 1 is 1.12 bits per heavy atom. The van der Waals surface area contributed by atoms with Crippen molar-refractivity contribution in [1.82, 2.24) is 9.91 Å². The number of morpholine rings is 1. The zero-order valence-corrected chi connectivity index (χ0v) is 18.9. The van der Waals surface area contributed by atoms with Crippen molar-refractivity contribution in [3.05, 3.63) is 70.3 Å². The minimum Gasteiger partial charge on any atom is -0.465 e. The molecule has 8 nitrogen and oxygen atoms in total. The van der Waals surface area contributed by atoms with Crippen LogP contribution in [0.3, 0.4) is 0 Å². The fourth-order valence-electron chi connectivity index (χ4n) is 4.11. The summed E-state index contributed by atoms with van der Waals surface area (Å²) in [5.74, 6) is -0.307. The zero-order valence-electron chi connectivity index (χ0n) is 18.9. The molecular weight excluding hydrogens is 420 g/mol. The van der Waals surface area contributed by atoms with Crippen LogP contribution in [0.1, 0.15) is 45.7 Å². The van der Waals surface area contributed by atoms with E-state index >= 15 is 0 Å². The maximum atomic E-state index is 13.1. The van der Waals surface area contributed by atoms with Crippen molar-refractivity contribution < 1.29 is 19.1 Å². The third kappa shape index (κ3) is 5.65. The van der Waals surface area contributed by atoms with Gasteiger partial charge in [-0.25, -0.2) is 0 Å². The van der Waals surface area contributed by atoms with E-state index in [-0.39, 0.29) is 18.3 Å². The molecule has 2 heterocycles. The molecule has 1 fully saturated rings. The molecule has 2 aromatic rings. The summed E-state index contributed by atoms with van der Waals surface area (Å²) in [6, 6.07) is 13.1. The standard InChI is InChI=1S/C25H30N4O4/c1-2-33-23(30)17-28-10-9-20-15-21(7-8-22(20)25(28)26)24(31)19-5-3-18(4-6-19)16-27-29-11-13-32-14-12-29/h3-8,15-16,25H,2,9-14,17,26H2,1H3. The molecule has 0 amide bonds. The molecule has 0 bridgehead atoms. The van der Waals surface area contributed by atoms with Gasteiger partial charge in [-0.2, -0.15) is 5.10 Å². The number of carbonyl (C=O) groups excluding carboxylic acids is 2. The lowest BCUT2D eigenvalue weighted by Gasteiger charge is -2.34. The number of nitrogens with zero attached hydrogens (tertiary/aromatic N) is 3. The zero-order chi connectivity index (χ0) is 23.2. The first-order valence-corrected chi connectivity index (χ1v) is 11.3. The van der Waals surface area contributed by atoms with Crippen molar-refractivity contribution >= 4 is 18.0 Å². The van der Waals surface area contributed by atoms with E-state index in [0.717, 1.165) is 36.2 Å². The summed E-state index contributed by atoms with van der Waals surface area (Å²) >= 11 is 0. The fraction of sp³-hybridized carbons (Fsp3) is 0.400. The van der Waals surface area contributed by atoms with Crippen LogP contribution in [0.15, 0.2) is 47.6 Å². The van der Waals surface area contributed by atoms with Gasteiger partial charge in [-0.3, -0.25) is 19.5 Å². The van der Waals surface area contributed by atoms with Crippen LogP contribution in [-0.4, -0.2) is 73.9 Å². The number of nitrogens with two attached hydrogens (primary N) is 1. The number of hydrazone groups is 1. The predicted octanol–water partition coefficient (Wildman–Crippen LogP) is 1.96. The van der Waals surface area contributed by atoms with E-state index in [0.29, 0.717) is 37.5 Å². The lowest BCUT2D eigenvalue weighted by molar-refractivity contribution is -0.145. The molecule has 1 unspecified atom stereocenters. The number of ether oxygens (including phenoxy) is 2. The van der Waals surface area contributed by atoms with E-state index in [9.17, 15) is 9.59 Å². The summed E-state index contributed by atoms with van der Waals surface area (Å²) in [4.78, 5) is 26.8. The van der Waals surface area contributed by atoms with Gasteiger partial charge in [0.1, 0.15) is 0 Å². The fourth-order valence-corrected chi connectivity index (χ4v) is 4.11. The molecule has 1 atom stereocenters. The van der Waals surface area contributed by atoms with Crippen LogP contribution in [0.4, 0.5) is 0 Å². The Kier molecular flexibility index (Phi) is 7.49. The molecule has 0 spiro atoms. The Morgan fingerprint density at radius 2 is 1.85 bits per heavy atom. The Labute approximate surface area is 193 Å². The number of rotatable bonds is 7. The molecule has 2 aliphatic heterocycles.